The number of piperazine rings is 2. The van der Waals surface area contributed by atoms with Crippen molar-refractivity contribution in [3.8, 4) is 0 Å². The molecule has 5 rings (SSSR count). The Kier molecular flexibility index (Phi) is 20.4. The molecule has 5 fully saturated rings. The van der Waals surface area contributed by atoms with Gasteiger partial charge in [-0.15, -0.1) is 0 Å². The van der Waals surface area contributed by atoms with Gasteiger partial charge in [0.15, 0.2) is 0 Å². The molecule has 5 atom stereocenters. The summed E-state index contributed by atoms with van der Waals surface area (Å²) in [6.07, 6.45) is 15.4. The normalized spacial score (nSPS) is 24.8. The molecule has 4 aliphatic heterocycles. The molecular weight excluding hydrogens is 705 g/mol. The second-order valence-corrected chi connectivity index (χ2v) is 18.1. The second kappa shape index (κ2) is 24.6. The Balaban J connectivity index is 0.000000249. The highest BCUT2D eigenvalue weighted by atomic mass is 16.2. The highest BCUT2D eigenvalue weighted by Crippen LogP contribution is 2.28. The van der Waals surface area contributed by atoms with Gasteiger partial charge in [0.25, 0.3) is 0 Å². The van der Waals surface area contributed by atoms with Crippen molar-refractivity contribution >= 4 is 23.6 Å². The standard InChI is InChI=1S/C23H42N4O2.C21H40N4O2/c1-3-6-19(2)26-13-15-27(16-14-26)23(29)18-25-12-11-21(17-25)24-22(28)10-9-20-7-4-5-8-20;1-5-7-18(4)24-10-12-25(13-11-24)21(27)16-23-9-8-19(15-23)22-20(26)14-17(3)6-2/h19-21H,3-18H2,1-2H3,(H,24,28);17-19H,5-16H2,1-4H3,(H,22,26). The van der Waals surface area contributed by atoms with Gasteiger partial charge in [-0.05, 0) is 57.8 Å². The zero-order chi connectivity index (χ0) is 40.5. The average Bonchev–Trinajstić information content (AvgIpc) is 3.98. The van der Waals surface area contributed by atoms with Gasteiger partial charge < -0.3 is 20.4 Å². The number of nitrogens with one attached hydrogen (secondary N) is 2. The van der Waals surface area contributed by atoms with Gasteiger partial charge in [-0.3, -0.25) is 38.8 Å². The number of carbonyl (C=O) groups is 4. The van der Waals surface area contributed by atoms with Gasteiger partial charge in [-0.2, -0.15) is 0 Å². The summed E-state index contributed by atoms with van der Waals surface area (Å²) in [5.74, 6) is 2.05. The van der Waals surface area contributed by atoms with Crippen LogP contribution in [0.3, 0.4) is 0 Å². The molecule has 1 saturated carbocycles. The smallest absolute Gasteiger partial charge is 0.236 e. The molecule has 5 aliphatic rings. The molecule has 322 valence electrons. The van der Waals surface area contributed by atoms with E-state index in [9.17, 15) is 19.2 Å². The largest absolute Gasteiger partial charge is 0.352 e. The molecule has 4 amide bonds. The van der Waals surface area contributed by atoms with Crippen molar-refractivity contribution in [1.29, 1.82) is 0 Å². The van der Waals surface area contributed by atoms with Gasteiger partial charge in [0.05, 0.1) is 13.1 Å². The van der Waals surface area contributed by atoms with Gasteiger partial charge >= 0.3 is 0 Å². The van der Waals surface area contributed by atoms with Crippen molar-refractivity contribution < 1.29 is 19.2 Å². The fourth-order valence-corrected chi connectivity index (χ4v) is 9.48. The van der Waals surface area contributed by atoms with E-state index in [1.165, 1.54) is 51.4 Å². The van der Waals surface area contributed by atoms with E-state index in [1.807, 2.05) is 9.80 Å². The van der Waals surface area contributed by atoms with Crippen molar-refractivity contribution in [2.24, 2.45) is 11.8 Å². The maximum Gasteiger partial charge on any atom is 0.236 e. The number of hydrogen-bond donors (Lipinski definition) is 2. The van der Waals surface area contributed by atoms with Gasteiger partial charge in [-0.1, -0.05) is 72.6 Å². The number of rotatable bonds is 18. The Hall–Kier alpha value is -2.28. The lowest BCUT2D eigenvalue weighted by Crippen LogP contribution is -2.53. The van der Waals surface area contributed by atoms with Crippen molar-refractivity contribution in [2.45, 2.75) is 156 Å². The summed E-state index contributed by atoms with van der Waals surface area (Å²) in [5, 5.41) is 6.35. The quantitative estimate of drug-likeness (QED) is 0.210. The number of amides is 4. The molecule has 12 nitrogen and oxygen atoms in total. The summed E-state index contributed by atoms with van der Waals surface area (Å²) in [7, 11) is 0. The molecule has 0 bridgehead atoms. The highest BCUT2D eigenvalue weighted by molar-refractivity contribution is 5.79. The second-order valence-electron chi connectivity index (χ2n) is 18.1. The topological polar surface area (TPSA) is 112 Å². The minimum absolute atomic E-state index is 0.153. The Morgan fingerprint density at radius 2 is 1.04 bits per heavy atom. The molecule has 56 heavy (non-hydrogen) atoms. The summed E-state index contributed by atoms with van der Waals surface area (Å²) in [6.45, 7) is 25.0. The van der Waals surface area contributed by atoms with Crippen LogP contribution >= 0.6 is 0 Å². The maximum absolute atomic E-state index is 12.7. The van der Waals surface area contributed by atoms with E-state index in [0.29, 0.717) is 43.9 Å². The van der Waals surface area contributed by atoms with Crippen LogP contribution in [-0.2, 0) is 19.2 Å². The Morgan fingerprint density at radius 1 is 0.589 bits per heavy atom. The first kappa shape index (κ1) is 46.4. The lowest BCUT2D eigenvalue weighted by molar-refractivity contribution is -0.135. The molecule has 2 N–H and O–H groups in total. The maximum atomic E-state index is 12.7. The Labute approximate surface area is 341 Å². The van der Waals surface area contributed by atoms with Gasteiger partial charge in [0, 0.05) is 116 Å². The summed E-state index contributed by atoms with van der Waals surface area (Å²) in [6, 6.07) is 1.64. The Bertz CT molecular complexity index is 1180. The molecule has 1 aliphatic carbocycles. The fourth-order valence-electron chi connectivity index (χ4n) is 9.48. The third-order valence-corrected chi connectivity index (χ3v) is 13.5. The van der Waals surface area contributed by atoms with Crippen LogP contribution in [0.25, 0.3) is 0 Å². The Morgan fingerprint density at radius 3 is 1.46 bits per heavy atom. The number of nitrogens with zero attached hydrogens (tertiary/aromatic N) is 6. The van der Waals surface area contributed by atoms with Crippen LogP contribution in [-0.4, -0.2) is 169 Å². The van der Waals surface area contributed by atoms with Crippen LogP contribution in [0.1, 0.15) is 131 Å². The van der Waals surface area contributed by atoms with Gasteiger partial charge in [-0.25, -0.2) is 0 Å². The number of likely N-dealkylation sites (tertiary alicyclic amines) is 2. The van der Waals surface area contributed by atoms with E-state index in [1.54, 1.807) is 0 Å². The van der Waals surface area contributed by atoms with Gasteiger partial charge in [0.2, 0.25) is 23.6 Å². The first-order chi connectivity index (χ1) is 27.0. The van der Waals surface area contributed by atoms with Crippen LogP contribution in [0.15, 0.2) is 0 Å². The lowest BCUT2D eigenvalue weighted by Gasteiger charge is -2.38. The van der Waals surface area contributed by atoms with Crippen LogP contribution in [0.4, 0.5) is 0 Å². The van der Waals surface area contributed by atoms with Crippen LogP contribution in [0.2, 0.25) is 0 Å². The van der Waals surface area contributed by atoms with Gasteiger partial charge in [0.1, 0.15) is 0 Å². The van der Waals surface area contributed by atoms with E-state index in [2.05, 4.69) is 71.8 Å². The third kappa shape index (κ3) is 15.8. The molecule has 4 saturated heterocycles. The lowest BCUT2D eigenvalue weighted by atomic mass is 10.0. The first-order valence-electron chi connectivity index (χ1n) is 23.0. The molecule has 5 unspecified atom stereocenters. The van der Waals surface area contributed by atoms with E-state index in [0.717, 1.165) is 110 Å². The average molecular weight is 787 g/mol. The summed E-state index contributed by atoms with van der Waals surface area (Å²) in [4.78, 5) is 63.2. The van der Waals surface area contributed by atoms with Crippen molar-refractivity contribution in [1.82, 2.24) is 40.0 Å². The zero-order valence-electron chi connectivity index (χ0n) is 36.6. The predicted molar refractivity (Wildman–Crippen MR) is 226 cm³/mol. The minimum Gasteiger partial charge on any atom is -0.352 e. The molecule has 12 heteroatoms. The predicted octanol–water partition coefficient (Wildman–Crippen LogP) is 4.43. The van der Waals surface area contributed by atoms with Crippen LogP contribution in [0, 0.1) is 11.8 Å². The van der Waals surface area contributed by atoms with Crippen molar-refractivity contribution in [3.63, 3.8) is 0 Å². The van der Waals surface area contributed by atoms with E-state index in [4.69, 9.17) is 0 Å². The summed E-state index contributed by atoms with van der Waals surface area (Å²) in [5.41, 5.74) is 0. The molecule has 4 heterocycles. The van der Waals surface area contributed by atoms with Crippen LogP contribution in [0.5, 0.6) is 0 Å². The molecule has 0 aromatic rings. The van der Waals surface area contributed by atoms with Crippen LogP contribution < -0.4 is 10.6 Å². The summed E-state index contributed by atoms with van der Waals surface area (Å²) >= 11 is 0. The molecule has 0 aromatic heterocycles. The highest BCUT2D eigenvalue weighted by Gasteiger charge is 2.31. The van der Waals surface area contributed by atoms with E-state index < -0.39 is 0 Å². The summed E-state index contributed by atoms with van der Waals surface area (Å²) < 4.78 is 0. The molecule has 0 aromatic carbocycles. The SMILES string of the molecule is CCCC(C)N1CCN(C(=O)CN2CCC(NC(=O)CC(C)CC)C2)CC1.CCCC(C)N1CCN(C(=O)CN2CCC(NC(=O)CCC3CCCC3)C2)CC1. The van der Waals surface area contributed by atoms with Crippen molar-refractivity contribution in [3.05, 3.63) is 0 Å². The molecule has 0 radical (unpaired) electrons. The third-order valence-electron chi connectivity index (χ3n) is 13.5. The monoisotopic (exact) mass is 787 g/mol. The number of carbonyl (C=O) groups excluding carboxylic acids is 4. The van der Waals surface area contributed by atoms with E-state index >= 15 is 0 Å². The number of hydrogen-bond acceptors (Lipinski definition) is 8. The first-order valence-corrected chi connectivity index (χ1v) is 23.0. The minimum atomic E-state index is 0.153. The fraction of sp³-hybridized carbons (Fsp3) is 0.909. The molecule has 0 spiro atoms. The molecular formula is C44H82N8O4. The van der Waals surface area contributed by atoms with Crippen molar-refractivity contribution in [2.75, 3.05) is 91.6 Å². The zero-order valence-corrected chi connectivity index (χ0v) is 36.6. The van der Waals surface area contributed by atoms with E-state index in [-0.39, 0.29) is 35.7 Å².